The van der Waals surface area contributed by atoms with Gasteiger partial charge in [-0.1, -0.05) is 19.8 Å². The lowest BCUT2D eigenvalue weighted by atomic mass is 9.96. The summed E-state index contributed by atoms with van der Waals surface area (Å²) >= 11 is 0. The van der Waals surface area contributed by atoms with E-state index in [4.69, 9.17) is 0 Å². The molecule has 0 amide bonds. The lowest BCUT2D eigenvalue weighted by Gasteiger charge is -2.36. The van der Waals surface area contributed by atoms with Crippen LogP contribution in [0.15, 0.2) is 6.33 Å². The van der Waals surface area contributed by atoms with E-state index in [1.807, 2.05) is 6.92 Å². The summed E-state index contributed by atoms with van der Waals surface area (Å²) in [4.78, 5) is 10.2. The van der Waals surface area contributed by atoms with Crippen molar-refractivity contribution in [2.75, 3.05) is 26.0 Å². The lowest BCUT2D eigenvalue weighted by Crippen LogP contribution is -2.47. The molecule has 0 atom stereocenters. The molecule has 4 nitrogen and oxygen atoms in total. The van der Waals surface area contributed by atoms with Gasteiger partial charge in [-0.2, -0.15) is 0 Å². The molecule has 1 saturated carbocycles. The van der Waals surface area contributed by atoms with Crippen molar-refractivity contribution >= 4 is 5.82 Å². The average Bonchev–Trinajstić information content (AvgIpc) is 2.88. The van der Waals surface area contributed by atoms with Gasteiger partial charge < -0.3 is 10.2 Å². The van der Waals surface area contributed by atoms with Gasteiger partial charge >= 0.3 is 0 Å². The zero-order valence-corrected chi connectivity index (χ0v) is 12.0. The SMILES string of the molecule is CCc1ncnc(NCC2(N(C)C)CCCC2)c1F. The van der Waals surface area contributed by atoms with E-state index in [2.05, 4.69) is 34.3 Å². The molecule has 1 aromatic rings. The van der Waals surface area contributed by atoms with E-state index in [9.17, 15) is 4.39 Å². The Morgan fingerprint density at radius 3 is 2.58 bits per heavy atom. The van der Waals surface area contributed by atoms with Crippen molar-refractivity contribution in [2.45, 2.75) is 44.6 Å². The van der Waals surface area contributed by atoms with E-state index in [0.717, 1.165) is 19.4 Å². The predicted molar refractivity (Wildman–Crippen MR) is 74.7 cm³/mol. The third kappa shape index (κ3) is 2.86. The van der Waals surface area contributed by atoms with Crippen LogP contribution < -0.4 is 5.32 Å². The molecule has 1 heterocycles. The molecule has 1 aliphatic rings. The minimum absolute atomic E-state index is 0.129. The number of hydrogen-bond acceptors (Lipinski definition) is 4. The van der Waals surface area contributed by atoms with Crippen LogP contribution >= 0.6 is 0 Å². The lowest BCUT2D eigenvalue weighted by molar-refractivity contribution is 0.172. The van der Waals surface area contributed by atoms with Crippen LogP contribution in [0.4, 0.5) is 10.2 Å². The highest BCUT2D eigenvalue weighted by molar-refractivity contribution is 5.38. The molecule has 5 heteroatoms. The number of nitrogens with zero attached hydrogens (tertiary/aromatic N) is 3. The number of likely N-dealkylation sites (N-methyl/N-ethyl adjacent to an activating group) is 1. The van der Waals surface area contributed by atoms with E-state index in [1.165, 1.54) is 19.2 Å². The van der Waals surface area contributed by atoms with E-state index in [1.54, 1.807) is 0 Å². The summed E-state index contributed by atoms with van der Waals surface area (Å²) in [5, 5.41) is 3.18. The van der Waals surface area contributed by atoms with Crippen LogP contribution in [0, 0.1) is 5.82 Å². The van der Waals surface area contributed by atoms with Crippen LogP contribution in [-0.4, -0.2) is 41.0 Å². The summed E-state index contributed by atoms with van der Waals surface area (Å²) in [7, 11) is 4.20. The minimum Gasteiger partial charge on any atom is -0.366 e. The Morgan fingerprint density at radius 2 is 2.00 bits per heavy atom. The molecule has 2 rings (SSSR count). The normalized spacial score (nSPS) is 17.9. The van der Waals surface area contributed by atoms with Crippen molar-refractivity contribution in [1.82, 2.24) is 14.9 Å². The first-order valence-electron chi connectivity index (χ1n) is 7.00. The molecule has 106 valence electrons. The number of hydrogen-bond donors (Lipinski definition) is 1. The molecule has 0 aliphatic heterocycles. The zero-order valence-electron chi connectivity index (χ0n) is 12.0. The van der Waals surface area contributed by atoms with E-state index < -0.39 is 0 Å². The van der Waals surface area contributed by atoms with E-state index in [-0.39, 0.29) is 11.4 Å². The number of aryl methyl sites for hydroxylation is 1. The van der Waals surface area contributed by atoms with Crippen LogP contribution in [0.25, 0.3) is 0 Å². The second kappa shape index (κ2) is 5.82. The number of anilines is 1. The third-order valence-corrected chi connectivity index (χ3v) is 4.26. The first-order valence-corrected chi connectivity index (χ1v) is 7.00. The number of aromatic nitrogens is 2. The van der Waals surface area contributed by atoms with E-state index in [0.29, 0.717) is 17.9 Å². The summed E-state index contributed by atoms with van der Waals surface area (Å²) in [6, 6.07) is 0. The maximum absolute atomic E-state index is 14.1. The average molecular weight is 266 g/mol. The van der Waals surface area contributed by atoms with Crippen LogP contribution in [0.2, 0.25) is 0 Å². The summed E-state index contributed by atoms with van der Waals surface area (Å²) in [6.45, 7) is 2.63. The quantitative estimate of drug-likeness (QED) is 0.889. The molecule has 1 aliphatic carbocycles. The number of nitrogens with one attached hydrogen (secondary N) is 1. The van der Waals surface area contributed by atoms with Gasteiger partial charge in [0.2, 0.25) is 0 Å². The van der Waals surface area contributed by atoms with Crippen molar-refractivity contribution in [3.05, 3.63) is 17.8 Å². The summed E-state index contributed by atoms with van der Waals surface area (Å²) in [5.74, 6) is 0.0249. The second-order valence-corrected chi connectivity index (χ2v) is 5.52. The summed E-state index contributed by atoms with van der Waals surface area (Å²) < 4.78 is 14.1. The maximum Gasteiger partial charge on any atom is 0.186 e. The molecule has 0 aromatic carbocycles. The standard InChI is InChI=1S/C14H23FN4/c1-4-11-12(15)13(18-10-17-11)16-9-14(19(2)3)7-5-6-8-14/h10H,4-9H2,1-3H3,(H,16,17,18). The first kappa shape index (κ1) is 14.2. The van der Waals surface area contributed by atoms with Crippen LogP contribution in [0.3, 0.4) is 0 Å². The van der Waals surface area contributed by atoms with Gasteiger partial charge in [-0.25, -0.2) is 14.4 Å². The smallest absolute Gasteiger partial charge is 0.186 e. The Kier molecular flexibility index (Phi) is 4.34. The molecule has 19 heavy (non-hydrogen) atoms. The third-order valence-electron chi connectivity index (χ3n) is 4.26. The van der Waals surface area contributed by atoms with E-state index >= 15 is 0 Å². The molecule has 1 aromatic heterocycles. The molecule has 0 spiro atoms. The van der Waals surface area contributed by atoms with Gasteiger partial charge in [0, 0.05) is 12.1 Å². The Morgan fingerprint density at radius 1 is 1.32 bits per heavy atom. The molecule has 0 saturated heterocycles. The Labute approximate surface area is 114 Å². The molecular weight excluding hydrogens is 243 g/mol. The number of rotatable bonds is 5. The Balaban J connectivity index is 2.09. The summed E-state index contributed by atoms with van der Waals surface area (Å²) in [6.07, 6.45) is 6.81. The first-order chi connectivity index (χ1) is 9.09. The summed E-state index contributed by atoms with van der Waals surface area (Å²) in [5.41, 5.74) is 0.604. The van der Waals surface area contributed by atoms with Gasteiger partial charge in [-0.05, 0) is 33.4 Å². The van der Waals surface area contributed by atoms with Gasteiger partial charge in [0.25, 0.3) is 0 Å². The minimum atomic E-state index is -0.308. The van der Waals surface area contributed by atoms with Gasteiger partial charge in [0.15, 0.2) is 11.6 Å². The van der Waals surface area contributed by atoms with Crippen molar-refractivity contribution < 1.29 is 4.39 Å². The van der Waals surface area contributed by atoms with Gasteiger partial charge in [0.05, 0.1) is 5.69 Å². The molecule has 1 N–H and O–H groups in total. The monoisotopic (exact) mass is 266 g/mol. The molecule has 0 unspecified atom stereocenters. The van der Waals surface area contributed by atoms with Crippen molar-refractivity contribution in [2.24, 2.45) is 0 Å². The fraction of sp³-hybridized carbons (Fsp3) is 0.714. The van der Waals surface area contributed by atoms with Crippen LogP contribution in [0.5, 0.6) is 0 Å². The maximum atomic E-state index is 14.1. The number of halogens is 1. The van der Waals surface area contributed by atoms with Crippen molar-refractivity contribution in [3.8, 4) is 0 Å². The fourth-order valence-corrected chi connectivity index (χ4v) is 2.84. The van der Waals surface area contributed by atoms with Gasteiger partial charge in [-0.15, -0.1) is 0 Å². The largest absolute Gasteiger partial charge is 0.366 e. The predicted octanol–water partition coefficient (Wildman–Crippen LogP) is 2.46. The van der Waals surface area contributed by atoms with Gasteiger partial charge in [0.1, 0.15) is 6.33 Å². The second-order valence-electron chi connectivity index (χ2n) is 5.52. The van der Waals surface area contributed by atoms with Crippen molar-refractivity contribution in [1.29, 1.82) is 0 Å². The topological polar surface area (TPSA) is 41.1 Å². The molecule has 1 fully saturated rings. The Bertz CT molecular complexity index is 427. The highest BCUT2D eigenvalue weighted by Gasteiger charge is 2.35. The highest BCUT2D eigenvalue weighted by Crippen LogP contribution is 2.34. The van der Waals surface area contributed by atoms with Gasteiger partial charge in [-0.3, -0.25) is 0 Å². The fourth-order valence-electron chi connectivity index (χ4n) is 2.84. The molecule has 0 radical (unpaired) electrons. The van der Waals surface area contributed by atoms with Crippen molar-refractivity contribution in [3.63, 3.8) is 0 Å². The molecule has 0 bridgehead atoms. The zero-order chi connectivity index (χ0) is 13.9. The molecular formula is C14H23FN4. The highest BCUT2D eigenvalue weighted by atomic mass is 19.1. The Hall–Kier alpha value is -1.23. The van der Waals surface area contributed by atoms with Crippen LogP contribution in [-0.2, 0) is 6.42 Å². The van der Waals surface area contributed by atoms with Crippen LogP contribution in [0.1, 0.15) is 38.3 Å².